The molecule has 1 aromatic rings. The Morgan fingerprint density at radius 2 is 2.00 bits per heavy atom. The zero-order valence-electron chi connectivity index (χ0n) is 11.4. The first-order chi connectivity index (χ1) is 9.65. The predicted octanol–water partition coefficient (Wildman–Crippen LogP) is 3.13. The molecule has 0 radical (unpaired) electrons. The van der Waals surface area contributed by atoms with Crippen LogP contribution in [-0.2, 0) is 4.79 Å². The lowest BCUT2D eigenvalue weighted by atomic mass is 9.87. The van der Waals surface area contributed by atoms with Crippen LogP contribution in [0.5, 0.6) is 0 Å². The van der Waals surface area contributed by atoms with E-state index in [1.807, 2.05) is 30.3 Å². The smallest absolute Gasteiger partial charge is 0.244 e. The van der Waals surface area contributed by atoms with Crippen LogP contribution in [0.4, 0.5) is 0 Å². The van der Waals surface area contributed by atoms with Crippen LogP contribution in [0.15, 0.2) is 34.8 Å². The number of hydrogen-bond donors (Lipinski definition) is 2. The molecule has 4 heteroatoms. The van der Waals surface area contributed by atoms with Crippen molar-refractivity contribution in [2.24, 2.45) is 5.92 Å². The summed E-state index contributed by atoms with van der Waals surface area (Å²) < 4.78 is 0.977. The molecule has 108 valence electrons. The summed E-state index contributed by atoms with van der Waals surface area (Å²) in [5.74, 6) is 0.436. The lowest BCUT2D eigenvalue weighted by Gasteiger charge is -2.25. The van der Waals surface area contributed by atoms with Gasteiger partial charge in [0.15, 0.2) is 0 Å². The molecule has 1 aliphatic rings. The average Bonchev–Trinajstić information content (AvgIpc) is 2.46. The van der Waals surface area contributed by atoms with Crippen LogP contribution in [0.1, 0.15) is 31.2 Å². The van der Waals surface area contributed by atoms with Gasteiger partial charge in [-0.25, -0.2) is 0 Å². The first-order valence-electron chi connectivity index (χ1n) is 7.03. The molecular formula is C16H20BrNO2. The van der Waals surface area contributed by atoms with E-state index in [2.05, 4.69) is 21.2 Å². The van der Waals surface area contributed by atoms with Crippen LogP contribution in [0.3, 0.4) is 0 Å². The quantitative estimate of drug-likeness (QED) is 0.829. The van der Waals surface area contributed by atoms with Crippen molar-refractivity contribution in [1.82, 2.24) is 5.32 Å². The number of halogens is 1. The highest BCUT2D eigenvalue weighted by Gasteiger charge is 2.19. The van der Waals surface area contributed by atoms with E-state index >= 15 is 0 Å². The number of amides is 1. The van der Waals surface area contributed by atoms with Crippen molar-refractivity contribution in [3.8, 4) is 0 Å². The van der Waals surface area contributed by atoms with E-state index in [0.29, 0.717) is 12.5 Å². The molecule has 0 atom stereocenters. The van der Waals surface area contributed by atoms with Gasteiger partial charge in [-0.1, -0.05) is 34.1 Å². The average molecular weight is 338 g/mol. The highest BCUT2D eigenvalue weighted by Crippen LogP contribution is 2.23. The fraction of sp³-hybridized carbons (Fsp3) is 0.438. The molecular weight excluding hydrogens is 318 g/mol. The van der Waals surface area contributed by atoms with E-state index < -0.39 is 0 Å². The first-order valence-corrected chi connectivity index (χ1v) is 7.83. The van der Waals surface area contributed by atoms with Crippen molar-refractivity contribution in [1.29, 1.82) is 0 Å². The SMILES string of the molecule is O=C(/C=C/c1ccccc1Br)NCC1CCC(O)CC1. The molecule has 20 heavy (non-hydrogen) atoms. The number of hydrogen-bond acceptors (Lipinski definition) is 2. The lowest BCUT2D eigenvalue weighted by Crippen LogP contribution is -2.31. The fourth-order valence-corrected chi connectivity index (χ4v) is 2.85. The Kier molecular flexibility index (Phi) is 5.80. The van der Waals surface area contributed by atoms with Gasteiger partial charge >= 0.3 is 0 Å². The van der Waals surface area contributed by atoms with Gasteiger partial charge in [0.2, 0.25) is 5.91 Å². The number of aliphatic hydroxyl groups excluding tert-OH is 1. The lowest BCUT2D eigenvalue weighted by molar-refractivity contribution is -0.116. The van der Waals surface area contributed by atoms with Gasteiger partial charge in [0.05, 0.1) is 6.10 Å². The second-order valence-corrected chi connectivity index (χ2v) is 6.13. The Bertz CT molecular complexity index is 479. The van der Waals surface area contributed by atoms with Crippen LogP contribution in [0, 0.1) is 5.92 Å². The second kappa shape index (κ2) is 7.60. The molecule has 2 rings (SSSR count). The van der Waals surface area contributed by atoms with Crippen molar-refractivity contribution in [3.63, 3.8) is 0 Å². The molecule has 1 aromatic carbocycles. The summed E-state index contributed by atoms with van der Waals surface area (Å²) in [6.07, 6.45) is 6.94. The first kappa shape index (κ1) is 15.3. The topological polar surface area (TPSA) is 49.3 Å². The summed E-state index contributed by atoms with van der Waals surface area (Å²) >= 11 is 3.45. The predicted molar refractivity (Wildman–Crippen MR) is 84.2 cm³/mol. The van der Waals surface area contributed by atoms with E-state index in [4.69, 9.17) is 0 Å². The van der Waals surface area contributed by atoms with Gasteiger partial charge in [-0.2, -0.15) is 0 Å². The normalized spacial score (nSPS) is 22.9. The maximum Gasteiger partial charge on any atom is 0.244 e. The van der Waals surface area contributed by atoms with Crippen LogP contribution in [0.2, 0.25) is 0 Å². The molecule has 0 spiro atoms. The third-order valence-electron chi connectivity index (χ3n) is 3.70. The highest BCUT2D eigenvalue weighted by atomic mass is 79.9. The van der Waals surface area contributed by atoms with Crippen molar-refractivity contribution >= 4 is 27.9 Å². The van der Waals surface area contributed by atoms with Gasteiger partial charge < -0.3 is 10.4 Å². The van der Waals surface area contributed by atoms with Gasteiger partial charge in [-0.3, -0.25) is 4.79 Å². The summed E-state index contributed by atoms with van der Waals surface area (Å²) in [6.45, 7) is 0.700. The minimum Gasteiger partial charge on any atom is -0.393 e. The van der Waals surface area contributed by atoms with Crippen LogP contribution in [0.25, 0.3) is 6.08 Å². The Hall–Kier alpha value is -1.13. The van der Waals surface area contributed by atoms with E-state index in [9.17, 15) is 9.90 Å². The Labute approximate surface area is 128 Å². The summed E-state index contributed by atoms with van der Waals surface area (Å²) in [5.41, 5.74) is 0.989. The molecule has 1 amide bonds. The minimum atomic E-state index is -0.141. The van der Waals surface area contributed by atoms with E-state index in [-0.39, 0.29) is 12.0 Å². The summed E-state index contributed by atoms with van der Waals surface area (Å²) in [6, 6.07) is 7.79. The number of rotatable bonds is 4. The summed E-state index contributed by atoms with van der Waals surface area (Å²) in [7, 11) is 0. The van der Waals surface area contributed by atoms with E-state index in [1.54, 1.807) is 6.08 Å². The van der Waals surface area contributed by atoms with Crippen molar-refractivity contribution in [2.45, 2.75) is 31.8 Å². The van der Waals surface area contributed by atoms with E-state index in [1.165, 1.54) is 0 Å². The summed E-state index contributed by atoms with van der Waals surface area (Å²) in [5, 5.41) is 12.4. The van der Waals surface area contributed by atoms with Crippen molar-refractivity contribution in [2.75, 3.05) is 6.54 Å². The largest absolute Gasteiger partial charge is 0.393 e. The number of nitrogens with one attached hydrogen (secondary N) is 1. The fourth-order valence-electron chi connectivity index (χ4n) is 2.43. The maximum absolute atomic E-state index is 11.8. The third-order valence-corrected chi connectivity index (χ3v) is 4.42. The van der Waals surface area contributed by atoms with Crippen molar-refractivity contribution < 1.29 is 9.90 Å². The standard InChI is InChI=1S/C16H20BrNO2/c17-15-4-2-1-3-13(15)7-10-16(20)18-11-12-5-8-14(19)9-6-12/h1-4,7,10,12,14,19H,5-6,8-9,11H2,(H,18,20)/b10-7+. The molecule has 0 heterocycles. The molecule has 0 bridgehead atoms. The molecule has 0 aliphatic heterocycles. The number of carbonyl (C=O) groups is 1. The molecule has 3 nitrogen and oxygen atoms in total. The van der Waals surface area contributed by atoms with Crippen LogP contribution in [-0.4, -0.2) is 23.7 Å². The molecule has 0 saturated heterocycles. The minimum absolute atomic E-state index is 0.0631. The Morgan fingerprint density at radius 3 is 2.70 bits per heavy atom. The van der Waals surface area contributed by atoms with Crippen LogP contribution >= 0.6 is 15.9 Å². The van der Waals surface area contributed by atoms with Gasteiger partial charge in [0, 0.05) is 17.1 Å². The van der Waals surface area contributed by atoms with Gasteiger partial charge in [0.25, 0.3) is 0 Å². The summed E-state index contributed by atoms with van der Waals surface area (Å²) in [4.78, 5) is 11.8. The Balaban J connectivity index is 1.77. The number of benzene rings is 1. The molecule has 0 aromatic heterocycles. The molecule has 1 saturated carbocycles. The van der Waals surface area contributed by atoms with Gasteiger partial charge in [0.1, 0.15) is 0 Å². The highest BCUT2D eigenvalue weighted by molar-refractivity contribution is 9.10. The molecule has 1 aliphatic carbocycles. The van der Waals surface area contributed by atoms with Gasteiger partial charge in [-0.15, -0.1) is 0 Å². The van der Waals surface area contributed by atoms with Crippen LogP contribution < -0.4 is 5.32 Å². The van der Waals surface area contributed by atoms with E-state index in [0.717, 1.165) is 35.7 Å². The maximum atomic E-state index is 11.8. The number of aliphatic hydroxyl groups is 1. The molecule has 1 fully saturated rings. The zero-order valence-corrected chi connectivity index (χ0v) is 13.0. The third kappa shape index (κ3) is 4.76. The monoisotopic (exact) mass is 337 g/mol. The Morgan fingerprint density at radius 1 is 1.30 bits per heavy atom. The molecule has 0 unspecified atom stereocenters. The van der Waals surface area contributed by atoms with Gasteiger partial charge in [-0.05, 0) is 49.3 Å². The number of carbonyl (C=O) groups excluding carboxylic acids is 1. The molecule has 2 N–H and O–H groups in total. The second-order valence-electron chi connectivity index (χ2n) is 5.27. The zero-order chi connectivity index (χ0) is 14.4. The van der Waals surface area contributed by atoms with Crippen molar-refractivity contribution in [3.05, 3.63) is 40.4 Å².